The first-order valence-electron chi connectivity index (χ1n) is 7.47. The fourth-order valence-corrected chi connectivity index (χ4v) is 3.73. The molecule has 134 valence electrons. The predicted octanol–water partition coefficient (Wildman–Crippen LogP) is 3.68. The second-order valence-corrected chi connectivity index (χ2v) is 7.34. The lowest BCUT2D eigenvalue weighted by Gasteiger charge is -2.03. The van der Waals surface area contributed by atoms with Crippen molar-refractivity contribution in [2.24, 2.45) is 0 Å². The Morgan fingerprint density at radius 2 is 1.96 bits per heavy atom. The van der Waals surface area contributed by atoms with E-state index < -0.39 is 0 Å². The van der Waals surface area contributed by atoms with Gasteiger partial charge in [0.25, 0.3) is 0 Å². The minimum absolute atomic E-state index is 0.0925. The molecule has 0 amide bonds. The number of carbonyl (C=O) groups is 1. The number of phenolic OH excluding ortho intramolecular Hbond substituents is 2. The summed E-state index contributed by atoms with van der Waals surface area (Å²) in [7, 11) is 1.61. The monoisotopic (exact) mass is 389 g/mol. The van der Waals surface area contributed by atoms with E-state index in [9.17, 15) is 15.0 Å². The van der Waals surface area contributed by atoms with E-state index in [4.69, 9.17) is 4.74 Å². The average Bonchev–Trinajstić information content (AvgIpc) is 3.08. The Balaban J connectivity index is 1.58. The molecule has 0 saturated heterocycles. The molecule has 0 aliphatic rings. The highest BCUT2D eigenvalue weighted by Gasteiger charge is 2.14. The molecule has 26 heavy (non-hydrogen) atoms. The number of aromatic hydroxyl groups is 2. The maximum atomic E-state index is 12.2. The zero-order valence-corrected chi connectivity index (χ0v) is 15.3. The Morgan fingerprint density at radius 3 is 2.65 bits per heavy atom. The summed E-state index contributed by atoms with van der Waals surface area (Å²) in [6.45, 7) is 0. The van der Waals surface area contributed by atoms with Crippen molar-refractivity contribution in [3.63, 3.8) is 0 Å². The highest BCUT2D eigenvalue weighted by atomic mass is 32.2. The first-order chi connectivity index (χ1) is 12.5. The Kier molecular flexibility index (Phi) is 5.59. The van der Waals surface area contributed by atoms with Crippen LogP contribution in [0.25, 0.3) is 0 Å². The summed E-state index contributed by atoms with van der Waals surface area (Å²) >= 11 is 2.56. The number of Topliss-reactive ketones (excluding diaryl/α,β-unsaturated/α-hetero) is 1. The molecular formula is C17H15N3O4S2. The Bertz CT molecular complexity index is 913. The van der Waals surface area contributed by atoms with Crippen molar-refractivity contribution < 1.29 is 19.7 Å². The van der Waals surface area contributed by atoms with Crippen molar-refractivity contribution in [3.8, 4) is 17.2 Å². The number of aromatic nitrogens is 2. The summed E-state index contributed by atoms with van der Waals surface area (Å²) in [6, 6.07) is 11.3. The van der Waals surface area contributed by atoms with Crippen molar-refractivity contribution in [2.45, 2.75) is 4.34 Å². The quantitative estimate of drug-likeness (QED) is 0.415. The first-order valence-corrected chi connectivity index (χ1v) is 9.28. The van der Waals surface area contributed by atoms with Crippen LogP contribution in [0.3, 0.4) is 0 Å². The molecule has 3 N–H and O–H groups in total. The van der Waals surface area contributed by atoms with E-state index in [1.54, 1.807) is 7.11 Å². The molecule has 0 spiro atoms. The van der Waals surface area contributed by atoms with Crippen LogP contribution in [0.2, 0.25) is 0 Å². The van der Waals surface area contributed by atoms with E-state index >= 15 is 0 Å². The fourth-order valence-electron chi connectivity index (χ4n) is 2.08. The second kappa shape index (κ2) is 8.07. The maximum Gasteiger partial charge on any atom is 0.210 e. The average molecular weight is 389 g/mol. The zero-order chi connectivity index (χ0) is 18.5. The van der Waals surface area contributed by atoms with Gasteiger partial charge in [0.2, 0.25) is 5.13 Å². The second-order valence-electron chi connectivity index (χ2n) is 5.14. The molecule has 0 bridgehead atoms. The molecule has 2 aromatic carbocycles. The van der Waals surface area contributed by atoms with Crippen LogP contribution in [0.4, 0.5) is 10.8 Å². The van der Waals surface area contributed by atoms with E-state index in [1.807, 2.05) is 24.3 Å². The Morgan fingerprint density at radius 1 is 1.19 bits per heavy atom. The lowest BCUT2D eigenvalue weighted by Crippen LogP contribution is -2.02. The van der Waals surface area contributed by atoms with Gasteiger partial charge in [0.1, 0.15) is 17.2 Å². The molecule has 0 aliphatic heterocycles. The summed E-state index contributed by atoms with van der Waals surface area (Å²) in [5.41, 5.74) is 1.01. The minimum Gasteiger partial charge on any atom is -0.508 e. The number of hydrogen-bond acceptors (Lipinski definition) is 9. The van der Waals surface area contributed by atoms with Crippen molar-refractivity contribution in [1.82, 2.24) is 10.2 Å². The number of carbonyl (C=O) groups excluding carboxylic acids is 1. The number of methoxy groups -OCH3 is 1. The SMILES string of the molecule is COc1ccc(Nc2nnc(SCC(=O)c3ccc(O)cc3O)s2)cc1. The van der Waals surface area contributed by atoms with Crippen molar-refractivity contribution in [3.05, 3.63) is 48.0 Å². The topological polar surface area (TPSA) is 105 Å². The number of benzene rings is 2. The van der Waals surface area contributed by atoms with Crippen LogP contribution in [0.1, 0.15) is 10.4 Å². The molecule has 0 fully saturated rings. The van der Waals surface area contributed by atoms with Gasteiger partial charge in [-0.25, -0.2) is 0 Å². The summed E-state index contributed by atoms with van der Waals surface area (Å²) in [6.07, 6.45) is 0. The fraction of sp³-hybridized carbons (Fsp3) is 0.118. The van der Waals surface area contributed by atoms with Crippen molar-refractivity contribution in [2.75, 3.05) is 18.2 Å². The normalized spacial score (nSPS) is 10.5. The third-order valence-electron chi connectivity index (χ3n) is 3.36. The van der Waals surface area contributed by atoms with Gasteiger partial charge < -0.3 is 20.3 Å². The number of nitrogens with zero attached hydrogens (tertiary/aromatic N) is 2. The van der Waals surface area contributed by atoms with Crippen LogP contribution in [0, 0.1) is 0 Å². The molecule has 0 radical (unpaired) electrons. The summed E-state index contributed by atoms with van der Waals surface area (Å²) in [5, 5.41) is 30.8. The lowest BCUT2D eigenvalue weighted by molar-refractivity contribution is 0.102. The van der Waals surface area contributed by atoms with Gasteiger partial charge in [0.05, 0.1) is 18.4 Å². The van der Waals surface area contributed by atoms with E-state index in [0.717, 1.165) is 17.5 Å². The molecule has 0 unspecified atom stereocenters. The molecular weight excluding hydrogens is 374 g/mol. The van der Waals surface area contributed by atoms with Gasteiger partial charge in [-0.1, -0.05) is 23.1 Å². The van der Waals surface area contributed by atoms with Crippen molar-refractivity contribution >= 4 is 39.7 Å². The van der Waals surface area contributed by atoms with Gasteiger partial charge in [-0.15, -0.1) is 10.2 Å². The van der Waals surface area contributed by atoms with Crippen molar-refractivity contribution in [1.29, 1.82) is 0 Å². The van der Waals surface area contributed by atoms with E-state index in [1.165, 1.54) is 35.2 Å². The number of hydrogen-bond donors (Lipinski definition) is 3. The minimum atomic E-state index is -0.257. The molecule has 0 atom stereocenters. The lowest BCUT2D eigenvalue weighted by atomic mass is 10.1. The molecule has 9 heteroatoms. The van der Waals surface area contributed by atoms with Crippen LogP contribution < -0.4 is 10.1 Å². The highest BCUT2D eigenvalue weighted by Crippen LogP contribution is 2.30. The number of ketones is 1. The molecule has 1 heterocycles. The maximum absolute atomic E-state index is 12.2. The summed E-state index contributed by atoms with van der Waals surface area (Å²) in [5.74, 6) is 0.280. The number of rotatable bonds is 7. The van der Waals surface area contributed by atoms with Gasteiger partial charge in [0, 0.05) is 11.8 Å². The van der Waals surface area contributed by atoms with Gasteiger partial charge in [-0.2, -0.15) is 0 Å². The highest BCUT2D eigenvalue weighted by molar-refractivity contribution is 8.01. The smallest absolute Gasteiger partial charge is 0.210 e. The number of ether oxygens (including phenoxy) is 1. The largest absolute Gasteiger partial charge is 0.508 e. The summed E-state index contributed by atoms with van der Waals surface area (Å²) < 4.78 is 5.74. The first kappa shape index (κ1) is 18.0. The van der Waals surface area contributed by atoms with Crippen LogP contribution in [-0.4, -0.2) is 39.1 Å². The van der Waals surface area contributed by atoms with E-state index in [0.29, 0.717) is 9.47 Å². The van der Waals surface area contributed by atoms with Crippen LogP contribution in [-0.2, 0) is 0 Å². The van der Waals surface area contributed by atoms with E-state index in [-0.39, 0.29) is 28.6 Å². The Hall–Kier alpha value is -2.78. The Labute approximate surface area is 157 Å². The number of thioether (sulfide) groups is 1. The number of nitrogens with one attached hydrogen (secondary N) is 1. The van der Waals surface area contributed by atoms with Gasteiger partial charge in [-0.3, -0.25) is 4.79 Å². The molecule has 7 nitrogen and oxygen atoms in total. The van der Waals surface area contributed by atoms with Crippen LogP contribution >= 0.6 is 23.1 Å². The zero-order valence-electron chi connectivity index (χ0n) is 13.7. The molecule has 0 aliphatic carbocycles. The van der Waals surface area contributed by atoms with Crippen LogP contribution in [0.15, 0.2) is 46.8 Å². The third-order valence-corrected chi connectivity index (χ3v) is 5.33. The van der Waals surface area contributed by atoms with Gasteiger partial charge in [0.15, 0.2) is 10.1 Å². The summed E-state index contributed by atoms with van der Waals surface area (Å²) in [4.78, 5) is 12.2. The predicted molar refractivity (Wildman–Crippen MR) is 101 cm³/mol. The van der Waals surface area contributed by atoms with Gasteiger partial charge in [-0.05, 0) is 36.4 Å². The van der Waals surface area contributed by atoms with E-state index in [2.05, 4.69) is 15.5 Å². The molecule has 1 aromatic heterocycles. The van der Waals surface area contributed by atoms with Crippen LogP contribution in [0.5, 0.6) is 17.2 Å². The molecule has 0 saturated carbocycles. The number of anilines is 2. The molecule has 3 rings (SSSR count). The van der Waals surface area contributed by atoms with Gasteiger partial charge >= 0.3 is 0 Å². The standard InChI is InChI=1S/C17H15N3O4S2/c1-24-12-5-2-10(3-6-12)18-16-19-20-17(26-16)25-9-15(23)13-7-4-11(21)8-14(13)22/h2-8,21-22H,9H2,1H3,(H,18,19). The number of phenols is 2. The molecule has 3 aromatic rings. The third kappa shape index (κ3) is 4.44.